The molecule has 0 aromatic heterocycles. The van der Waals surface area contributed by atoms with E-state index >= 15 is 0 Å². The van der Waals surface area contributed by atoms with E-state index in [0.717, 1.165) is 31.6 Å². The van der Waals surface area contributed by atoms with E-state index in [4.69, 9.17) is 4.74 Å². The molecule has 1 spiro atoms. The Bertz CT molecular complexity index is 473. The predicted octanol–water partition coefficient (Wildman–Crippen LogP) is 0.543. The van der Waals surface area contributed by atoms with Gasteiger partial charge in [-0.2, -0.15) is 0 Å². The molecule has 0 aromatic carbocycles. The third-order valence-electron chi connectivity index (χ3n) is 3.90. The van der Waals surface area contributed by atoms with Gasteiger partial charge in [-0.05, 0) is 38.9 Å². The van der Waals surface area contributed by atoms with Crippen LogP contribution in [0, 0.1) is 5.41 Å². The van der Waals surface area contributed by atoms with Gasteiger partial charge in [0.25, 0.3) is 0 Å². The van der Waals surface area contributed by atoms with Crippen LogP contribution in [0.15, 0.2) is 23.5 Å². The SMILES string of the molecule is CC1=CC2(CCNCC2)C(=O)N1C1=CC(=O)OC1. The van der Waals surface area contributed by atoms with Crippen molar-refractivity contribution in [3.8, 4) is 0 Å². The second-order valence-corrected chi connectivity index (χ2v) is 5.08. The molecule has 0 aromatic rings. The molecule has 96 valence electrons. The molecule has 0 unspecified atom stereocenters. The van der Waals surface area contributed by atoms with Crippen LogP contribution < -0.4 is 5.32 Å². The third kappa shape index (κ3) is 1.58. The van der Waals surface area contributed by atoms with Crippen LogP contribution in [0.1, 0.15) is 19.8 Å². The molecule has 18 heavy (non-hydrogen) atoms. The van der Waals surface area contributed by atoms with Crippen molar-refractivity contribution in [2.24, 2.45) is 5.41 Å². The Balaban J connectivity index is 1.91. The molecule has 0 bridgehead atoms. The maximum absolute atomic E-state index is 12.6. The van der Waals surface area contributed by atoms with E-state index in [-0.39, 0.29) is 23.9 Å². The highest BCUT2D eigenvalue weighted by atomic mass is 16.5. The number of amides is 1. The molecule has 1 amide bonds. The first-order chi connectivity index (χ1) is 8.62. The van der Waals surface area contributed by atoms with E-state index in [0.29, 0.717) is 5.70 Å². The Hall–Kier alpha value is -1.62. The second-order valence-electron chi connectivity index (χ2n) is 5.08. The van der Waals surface area contributed by atoms with Crippen LogP contribution in [0.25, 0.3) is 0 Å². The monoisotopic (exact) mass is 248 g/mol. The summed E-state index contributed by atoms with van der Waals surface area (Å²) in [6, 6.07) is 0. The lowest BCUT2D eigenvalue weighted by Crippen LogP contribution is -2.43. The average molecular weight is 248 g/mol. The summed E-state index contributed by atoms with van der Waals surface area (Å²) in [6.07, 6.45) is 5.11. The minimum Gasteiger partial charge on any atom is -0.456 e. The Morgan fingerprint density at radius 3 is 2.67 bits per heavy atom. The predicted molar refractivity (Wildman–Crippen MR) is 64.2 cm³/mol. The van der Waals surface area contributed by atoms with E-state index in [1.54, 1.807) is 4.90 Å². The van der Waals surface area contributed by atoms with Gasteiger partial charge in [-0.1, -0.05) is 0 Å². The number of cyclic esters (lactones) is 1. The number of ether oxygens (including phenoxy) is 1. The highest BCUT2D eigenvalue weighted by molar-refractivity contribution is 5.93. The molecule has 0 atom stereocenters. The maximum Gasteiger partial charge on any atom is 0.333 e. The molecule has 3 rings (SSSR count). The number of nitrogens with zero attached hydrogens (tertiary/aromatic N) is 1. The molecule has 5 nitrogen and oxygen atoms in total. The zero-order chi connectivity index (χ0) is 12.8. The van der Waals surface area contributed by atoms with Crippen molar-refractivity contribution < 1.29 is 14.3 Å². The van der Waals surface area contributed by atoms with Crippen LogP contribution >= 0.6 is 0 Å². The van der Waals surface area contributed by atoms with Crippen LogP contribution in [-0.4, -0.2) is 36.5 Å². The van der Waals surface area contributed by atoms with Gasteiger partial charge in [0.15, 0.2) is 0 Å². The zero-order valence-electron chi connectivity index (χ0n) is 10.4. The van der Waals surface area contributed by atoms with E-state index in [2.05, 4.69) is 11.4 Å². The van der Waals surface area contributed by atoms with E-state index in [1.165, 1.54) is 6.08 Å². The van der Waals surface area contributed by atoms with Gasteiger partial charge in [-0.15, -0.1) is 0 Å². The lowest BCUT2D eigenvalue weighted by atomic mass is 9.79. The minimum atomic E-state index is -0.373. The van der Waals surface area contributed by atoms with Gasteiger partial charge >= 0.3 is 5.97 Å². The first kappa shape index (κ1) is 11.5. The van der Waals surface area contributed by atoms with Gasteiger partial charge in [0.1, 0.15) is 6.61 Å². The second kappa shape index (κ2) is 3.95. The molecule has 5 heteroatoms. The summed E-state index contributed by atoms with van der Waals surface area (Å²) in [6.45, 7) is 3.83. The number of hydrogen-bond acceptors (Lipinski definition) is 4. The number of nitrogens with one attached hydrogen (secondary N) is 1. The number of carbonyl (C=O) groups is 2. The maximum atomic E-state index is 12.6. The highest BCUT2D eigenvalue weighted by Crippen LogP contribution is 2.42. The van der Waals surface area contributed by atoms with Crippen molar-refractivity contribution in [2.45, 2.75) is 19.8 Å². The smallest absolute Gasteiger partial charge is 0.333 e. The molecule has 0 saturated carbocycles. The van der Waals surface area contributed by atoms with Crippen LogP contribution in [0.5, 0.6) is 0 Å². The summed E-state index contributed by atoms with van der Waals surface area (Å²) < 4.78 is 4.89. The molecule has 3 heterocycles. The van der Waals surface area contributed by atoms with Gasteiger partial charge < -0.3 is 10.1 Å². The van der Waals surface area contributed by atoms with Gasteiger partial charge in [0, 0.05) is 11.8 Å². The van der Waals surface area contributed by atoms with Crippen molar-refractivity contribution in [2.75, 3.05) is 19.7 Å². The summed E-state index contributed by atoms with van der Waals surface area (Å²) in [7, 11) is 0. The Kier molecular flexibility index (Phi) is 2.52. The number of piperidine rings is 1. The van der Waals surface area contributed by atoms with Gasteiger partial charge in [-0.25, -0.2) is 4.79 Å². The van der Waals surface area contributed by atoms with Gasteiger partial charge in [-0.3, -0.25) is 9.69 Å². The van der Waals surface area contributed by atoms with Gasteiger partial charge in [0.05, 0.1) is 11.1 Å². The quantitative estimate of drug-likeness (QED) is 0.688. The number of carbonyl (C=O) groups excluding carboxylic acids is 2. The molecule has 3 aliphatic rings. The normalized spacial score (nSPS) is 26.4. The molecular formula is C13H16N2O3. The first-order valence-electron chi connectivity index (χ1n) is 6.24. The summed E-state index contributed by atoms with van der Waals surface area (Å²) in [5.41, 5.74) is 1.20. The fourth-order valence-electron chi connectivity index (χ4n) is 2.99. The minimum absolute atomic E-state index is 0.0889. The van der Waals surface area contributed by atoms with E-state index < -0.39 is 0 Å². The van der Waals surface area contributed by atoms with Gasteiger partial charge in [0.2, 0.25) is 5.91 Å². The standard InChI is InChI=1S/C13H16N2O3/c1-9-7-13(2-4-14-5-3-13)12(17)15(9)10-6-11(16)18-8-10/h6-7,14H,2-5,8H2,1H3. The van der Waals surface area contributed by atoms with Crippen LogP contribution in [0.3, 0.4) is 0 Å². The number of hydrogen-bond donors (Lipinski definition) is 1. The molecule has 0 aliphatic carbocycles. The lowest BCUT2D eigenvalue weighted by molar-refractivity contribution is -0.137. The first-order valence-corrected chi connectivity index (χ1v) is 6.24. The molecular weight excluding hydrogens is 232 g/mol. The largest absolute Gasteiger partial charge is 0.456 e. The summed E-state index contributed by atoms with van der Waals surface area (Å²) >= 11 is 0. The lowest BCUT2D eigenvalue weighted by Gasteiger charge is -2.32. The Labute approximate surface area is 105 Å². The van der Waals surface area contributed by atoms with E-state index in [1.807, 2.05) is 6.92 Å². The number of esters is 1. The highest BCUT2D eigenvalue weighted by Gasteiger charge is 2.47. The zero-order valence-corrected chi connectivity index (χ0v) is 10.4. The summed E-state index contributed by atoms with van der Waals surface area (Å²) in [4.78, 5) is 25.4. The van der Waals surface area contributed by atoms with Crippen molar-refractivity contribution in [1.82, 2.24) is 10.2 Å². The van der Waals surface area contributed by atoms with Crippen LogP contribution in [0.4, 0.5) is 0 Å². The molecule has 0 radical (unpaired) electrons. The molecule has 1 N–H and O–H groups in total. The summed E-state index contributed by atoms with van der Waals surface area (Å²) in [5, 5.41) is 3.27. The average Bonchev–Trinajstić information content (AvgIpc) is 2.85. The van der Waals surface area contributed by atoms with Crippen molar-refractivity contribution in [3.05, 3.63) is 23.5 Å². The Morgan fingerprint density at radius 1 is 1.33 bits per heavy atom. The third-order valence-corrected chi connectivity index (χ3v) is 3.90. The van der Waals surface area contributed by atoms with Crippen LogP contribution in [0.2, 0.25) is 0 Å². The van der Waals surface area contributed by atoms with Crippen molar-refractivity contribution in [1.29, 1.82) is 0 Å². The fraction of sp³-hybridized carbons (Fsp3) is 0.538. The molecule has 3 aliphatic heterocycles. The molecule has 1 saturated heterocycles. The number of rotatable bonds is 1. The fourth-order valence-corrected chi connectivity index (χ4v) is 2.99. The van der Waals surface area contributed by atoms with E-state index in [9.17, 15) is 9.59 Å². The number of allylic oxidation sites excluding steroid dienone is 1. The van der Waals surface area contributed by atoms with Crippen molar-refractivity contribution in [3.63, 3.8) is 0 Å². The van der Waals surface area contributed by atoms with Crippen molar-refractivity contribution >= 4 is 11.9 Å². The Morgan fingerprint density at radius 2 is 2.06 bits per heavy atom. The van der Waals surface area contributed by atoms with Crippen LogP contribution in [-0.2, 0) is 14.3 Å². The topological polar surface area (TPSA) is 58.6 Å². The summed E-state index contributed by atoms with van der Waals surface area (Å²) in [5.74, 6) is -0.275. The molecule has 1 fully saturated rings.